The molecule has 0 saturated carbocycles. The zero-order chi connectivity index (χ0) is 13.7. The van der Waals surface area contributed by atoms with E-state index in [0.29, 0.717) is 6.61 Å². The van der Waals surface area contributed by atoms with Crippen molar-refractivity contribution in [3.63, 3.8) is 0 Å². The first kappa shape index (κ1) is 13.7. The fraction of sp³-hybridized carbons (Fsp3) is 0.333. The standard InChI is InChI=1S/C15H17NO2S/c1-3-18-15(17)9-13-10-19-14(16-13)8-12-7-5-4-6-11(12)2/h4-7,10H,3,8-9H2,1-2H3. The number of ether oxygens (including phenoxy) is 1. The first-order chi connectivity index (χ1) is 9.19. The molecule has 1 heterocycles. The second-order valence-electron chi connectivity index (χ2n) is 4.32. The van der Waals surface area contributed by atoms with Crippen LogP contribution in [0.15, 0.2) is 29.6 Å². The van der Waals surface area contributed by atoms with Gasteiger partial charge in [-0.15, -0.1) is 11.3 Å². The number of hydrogen-bond acceptors (Lipinski definition) is 4. The van der Waals surface area contributed by atoms with E-state index in [0.717, 1.165) is 17.1 Å². The van der Waals surface area contributed by atoms with Crippen LogP contribution in [0, 0.1) is 6.92 Å². The van der Waals surface area contributed by atoms with Crippen LogP contribution in [0.25, 0.3) is 0 Å². The van der Waals surface area contributed by atoms with Gasteiger partial charge in [-0.25, -0.2) is 4.98 Å². The number of esters is 1. The minimum atomic E-state index is -0.213. The van der Waals surface area contributed by atoms with Crippen LogP contribution in [0.2, 0.25) is 0 Å². The summed E-state index contributed by atoms with van der Waals surface area (Å²) in [6.07, 6.45) is 1.08. The average Bonchev–Trinajstić information content (AvgIpc) is 2.80. The maximum Gasteiger partial charge on any atom is 0.311 e. The smallest absolute Gasteiger partial charge is 0.311 e. The Kier molecular flexibility index (Phi) is 4.68. The highest BCUT2D eigenvalue weighted by molar-refractivity contribution is 7.09. The second kappa shape index (κ2) is 6.48. The monoisotopic (exact) mass is 275 g/mol. The molecule has 0 amide bonds. The molecule has 4 heteroatoms. The van der Waals surface area contributed by atoms with Gasteiger partial charge in [0, 0.05) is 11.8 Å². The zero-order valence-electron chi connectivity index (χ0n) is 11.2. The molecular weight excluding hydrogens is 258 g/mol. The van der Waals surface area contributed by atoms with Crippen LogP contribution in [0.4, 0.5) is 0 Å². The van der Waals surface area contributed by atoms with E-state index >= 15 is 0 Å². The van der Waals surface area contributed by atoms with Crippen molar-refractivity contribution in [2.75, 3.05) is 6.61 Å². The average molecular weight is 275 g/mol. The quantitative estimate of drug-likeness (QED) is 0.787. The Balaban J connectivity index is 2.02. The highest BCUT2D eigenvalue weighted by Crippen LogP contribution is 2.17. The zero-order valence-corrected chi connectivity index (χ0v) is 12.0. The Morgan fingerprint density at radius 3 is 2.89 bits per heavy atom. The molecule has 0 fully saturated rings. The van der Waals surface area contributed by atoms with E-state index in [-0.39, 0.29) is 12.4 Å². The molecule has 2 aromatic rings. The van der Waals surface area contributed by atoms with Gasteiger partial charge in [-0.3, -0.25) is 4.79 Å². The van der Waals surface area contributed by atoms with Gasteiger partial charge in [0.25, 0.3) is 0 Å². The molecule has 0 atom stereocenters. The predicted molar refractivity (Wildman–Crippen MR) is 76.4 cm³/mol. The van der Waals surface area contributed by atoms with Crippen LogP contribution in [-0.4, -0.2) is 17.6 Å². The van der Waals surface area contributed by atoms with E-state index in [4.69, 9.17) is 4.74 Å². The van der Waals surface area contributed by atoms with E-state index in [2.05, 4.69) is 24.0 Å². The van der Waals surface area contributed by atoms with Crippen molar-refractivity contribution in [1.82, 2.24) is 4.98 Å². The molecule has 0 bridgehead atoms. The van der Waals surface area contributed by atoms with Crippen molar-refractivity contribution < 1.29 is 9.53 Å². The van der Waals surface area contributed by atoms with E-state index in [9.17, 15) is 4.79 Å². The Morgan fingerprint density at radius 2 is 2.16 bits per heavy atom. The molecule has 0 unspecified atom stereocenters. The number of carbonyl (C=O) groups is 1. The van der Waals surface area contributed by atoms with Crippen LogP contribution < -0.4 is 0 Å². The number of hydrogen-bond donors (Lipinski definition) is 0. The number of aromatic nitrogens is 1. The van der Waals surface area contributed by atoms with Crippen molar-refractivity contribution in [2.45, 2.75) is 26.7 Å². The number of benzene rings is 1. The fourth-order valence-electron chi connectivity index (χ4n) is 1.84. The minimum Gasteiger partial charge on any atom is -0.466 e. The van der Waals surface area contributed by atoms with Crippen molar-refractivity contribution in [3.8, 4) is 0 Å². The Labute approximate surface area is 117 Å². The maximum atomic E-state index is 11.4. The largest absolute Gasteiger partial charge is 0.466 e. The predicted octanol–water partition coefficient (Wildman–Crippen LogP) is 3.15. The van der Waals surface area contributed by atoms with Crippen LogP contribution in [-0.2, 0) is 22.4 Å². The molecule has 3 nitrogen and oxygen atoms in total. The minimum absolute atomic E-state index is 0.213. The van der Waals surface area contributed by atoms with Crippen molar-refractivity contribution in [3.05, 3.63) is 51.5 Å². The molecule has 0 N–H and O–H groups in total. The van der Waals surface area contributed by atoms with Crippen molar-refractivity contribution in [2.24, 2.45) is 0 Å². The number of nitrogens with zero attached hydrogens (tertiary/aromatic N) is 1. The fourth-order valence-corrected chi connectivity index (χ4v) is 2.66. The molecule has 0 spiro atoms. The van der Waals surface area contributed by atoms with Crippen LogP contribution in [0.1, 0.15) is 28.8 Å². The molecule has 19 heavy (non-hydrogen) atoms. The Hall–Kier alpha value is -1.68. The van der Waals surface area contributed by atoms with Crippen LogP contribution in [0.5, 0.6) is 0 Å². The van der Waals surface area contributed by atoms with Crippen LogP contribution in [0.3, 0.4) is 0 Å². The summed E-state index contributed by atoms with van der Waals surface area (Å²) in [5.41, 5.74) is 3.34. The molecule has 1 aromatic heterocycles. The van der Waals surface area contributed by atoms with Gasteiger partial charge >= 0.3 is 5.97 Å². The summed E-state index contributed by atoms with van der Waals surface area (Å²) in [5.74, 6) is -0.213. The van der Waals surface area contributed by atoms with Gasteiger partial charge in [0.2, 0.25) is 0 Å². The lowest BCUT2D eigenvalue weighted by Crippen LogP contribution is -2.07. The van der Waals surface area contributed by atoms with E-state index in [1.807, 2.05) is 24.4 Å². The number of carbonyl (C=O) groups excluding carboxylic acids is 1. The van der Waals surface area contributed by atoms with Crippen molar-refractivity contribution >= 4 is 17.3 Å². The third-order valence-electron chi connectivity index (χ3n) is 2.83. The normalized spacial score (nSPS) is 10.4. The van der Waals surface area contributed by atoms with Crippen molar-refractivity contribution in [1.29, 1.82) is 0 Å². The summed E-state index contributed by atoms with van der Waals surface area (Å²) in [6.45, 7) is 4.32. The topological polar surface area (TPSA) is 39.2 Å². The highest BCUT2D eigenvalue weighted by Gasteiger charge is 2.09. The summed E-state index contributed by atoms with van der Waals surface area (Å²) >= 11 is 1.59. The Morgan fingerprint density at radius 1 is 1.37 bits per heavy atom. The molecular formula is C15H17NO2S. The van der Waals surface area contributed by atoms with Gasteiger partial charge in [-0.05, 0) is 25.0 Å². The molecule has 0 aliphatic heterocycles. The number of aryl methyl sites for hydroxylation is 1. The van der Waals surface area contributed by atoms with Crippen LogP contribution >= 0.6 is 11.3 Å². The van der Waals surface area contributed by atoms with Gasteiger partial charge in [0.05, 0.1) is 23.7 Å². The molecule has 0 radical (unpaired) electrons. The Bertz CT molecular complexity index is 563. The van der Waals surface area contributed by atoms with E-state index in [1.165, 1.54) is 11.1 Å². The second-order valence-corrected chi connectivity index (χ2v) is 5.26. The maximum absolute atomic E-state index is 11.4. The highest BCUT2D eigenvalue weighted by atomic mass is 32.1. The van der Waals surface area contributed by atoms with Gasteiger partial charge in [-0.1, -0.05) is 24.3 Å². The first-order valence-corrected chi connectivity index (χ1v) is 7.20. The lowest BCUT2D eigenvalue weighted by molar-refractivity contribution is -0.142. The lowest BCUT2D eigenvalue weighted by Gasteiger charge is -2.02. The molecule has 100 valence electrons. The van der Waals surface area contributed by atoms with Gasteiger partial charge < -0.3 is 4.74 Å². The summed E-state index contributed by atoms with van der Waals surface area (Å²) in [4.78, 5) is 15.9. The third-order valence-corrected chi connectivity index (χ3v) is 3.73. The van der Waals surface area contributed by atoms with Gasteiger partial charge in [0.1, 0.15) is 0 Å². The summed E-state index contributed by atoms with van der Waals surface area (Å²) in [6, 6.07) is 8.28. The summed E-state index contributed by atoms with van der Waals surface area (Å²) < 4.78 is 4.92. The van der Waals surface area contributed by atoms with E-state index in [1.54, 1.807) is 11.3 Å². The molecule has 2 rings (SSSR count). The number of rotatable bonds is 5. The summed E-state index contributed by atoms with van der Waals surface area (Å²) in [7, 11) is 0. The first-order valence-electron chi connectivity index (χ1n) is 6.32. The molecule has 0 saturated heterocycles. The van der Waals surface area contributed by atoms with Gasteiger partial charge in [0.15, 0.2) is 0 Å². The van der Waals surface area contributed by atoms with Gasteiger partial charge in [-0.2, -0.15) is 0 Å². The molecule has 0 aliphatic rings. The summed E-state index contributed by atoms with van der Waals surface area (Å²) in [5, 5.41) is 2.97. The SMILES string of the molecule is CCOC(=O)Cc1csc(Cc2ccccc2C)n1. The number of thiazole rings is 1. The molecule has 1 aromatic carbocycles. The molecule has 0 aliphatic carbocycles. The third kappa shape index (κ3) is 3.89. The van der Waals surface area contributed by atoms with E-state index < -0.39 is 0 Å². The lowest BCUT2D eigenvalue weighted by atomic mass is 10.1.